The normalized spacial score (nSPS) is 10.8. The number of aryl methyl sites for hydroxylation is 1. The van der Waals surface area contributed by atoms with Crippen molar-refractivity contribution in [2.45, 2.75) is 19.4 Å². The van der Waals surface area contributed by atoms with Crippen LogP contribution in [0.15, 0.2) is 42.6 Å². The summed E-state index contributed by atoms with van der Waals surface area (Å²) in [6, 6.07) is 12.5. The lowest BCUT2D eigenvalue weighted by Gasteiger charge is -2.06. The number of rotatable bonds is 9. The number of benzene rings is 1. The fourth-order valence-electron chi connectivity index (χ4n) is 2.05. The molecule has 0 spiro atoms. The fourth-order valence-corrected chi connectivity index (χ4v) is 2.05. The largest absolute Gasteiger partial charge is 0.381 e. The van der Waals surface area contributed by atoms with Crippen molar-refractivity contribution >= 4 is 0 Å². The molecule has 0 atom stereocenters. The minimum atomic E-state index is 0.762. The van der Waals surface area contributed by atoms with Crippen molar-refractivity contribution in [3.8, 4) is 0 Å². The van der Waals surface area contributed by atoms with Crippen LogP contribution in [0.4, 0.5) is 0 Å². The van der Waals surface area contributed by atoms with Crippen molar-refractivity contribution in [2.75, 3.05) is 19.8 Å². The van der Waals surface area contributed by atoms with E-state index in [0.29, 0.717) is 0 Å². The Kier molecular flexibility index (Phi) is 6.27. The molecule has 0 fully saturated rings. The molecule has 1 N–H and O–H groups in total. The molecule has 0 bridgehead atoms. The van der Waals surface area contributed by atoms with Crippen molar-refractivity contribution in [3.63, 3.8) is 0 Å². The Hall–Kier alpha value is -1.65. The van der Waals surface area contributed by atoms with Gasteiger partial charge in [0.25, 0.3) is 0 Å². The minimum Gasteiger partial charge on any atom is -0.381 e. The van der Waals surface area contributed by atoms with Crippen molar-refractivity contribution in [3.05, 3.63) is 53.9 Å². The van der Waals surface area contributed by atoms with E-state index in [1.807, 2.05) is 30.1 Å². The summed E-state index contributed by atoms with van der Waals surface area (Å²) >= 11 is 0. The van der Waals surface area contributed by atoms with Gasteiger partial charge in [0.05, 0.1) is 6.61 Å². The molecule has 0 aliphatic heterocycles. The first-order chi connectivity index (χ1) is 9.86. The Bertz CT molecular complexity index is 481. The Balaban J connectivity index is 1.45. The van der Waals surface area contributed by atoms with E-state index < -0.39 is 0 Å². The van der Waals surface area contributed by atoms with Crippen molar-refractivity contribution < 1.29 is 4.74 Å². The van der Waals surface area contributed by atoms with Crippen LogP contribution >= 0.6 is 0 Å². The van der Waals surface area contributed by atoms with Gasteiger partial charge in [-0.05, 0) is 24.6 Å². The second kappa shape index (κ2) is 8.51. The molecule has 2 rings (SSSR count). The molecule has 108 valence electrons. The van der Waals surface area contributed by atoms with Crippen molar-refractivity contribution in [1.29, 1.82) is 0 Å². The first-order valence-corrected chi connectivity index (χ1v) is 7.15. The van der Waals surface area contributed by atoms with E-state index in [2.05, 4.69) is 34.7 Å². The topological polar surface area (TPSA) is 39.1 Å². The SMILES string of the molecule is Cn1nccc1CCOCCCNCc1ccccc1. The molecule has 1 aromatic heterocycles. The molecule has 0 saturated carbocycles. The van der Waals surface area contributed by atoms with E-state index in [1.54, 1.807) is 0 Å². The van der Waals surface area contributed by atoms with Gasteiger partial charge in [0.1, 0.15) is 0 Å². The van der Waals surface area contributed by atoms with E-state index in [-0.39, 0.29) is 0 Å². The van der Waals surface area contributed by atoms with Gasteiger partial charge in [-0.25, -0.2) is 0 Å². The predicted molar refractivity (Wildman–Crippen MR) is 80.5 cm³/mol. The van der Waals surface area contributed by atoms with Crippen LogP contribution in [0.2, 0.25) is 0 Å². The van der Waals surface area contributed by atoms with E-state index in [0.717, 1.165) is 39.1 Å². The molecular formula is C16H23N3O. The van der Waals surface area contributed by atoms with Crippen molar-refractivity contribution in [1.82, 2.24) is 15.1 Å². The molecular weight excluding hydrogens is 250 g/mol. The standard InChI is InChI=1S/C16H23N3O/c1-19-16(8-11-18-19)9-13-20-12-5-10-17-14-15-6-3-2-4-7-15/h2-4,6-8,11,17H,5,9-10,12-14H2,1H3. The number of aromatic nitrogens is 2. The summed E-state index contributed by atoms with van der Waals surface area (Å²) in [5.41, 5.74) is 2.54. The highest BCUT2D eigenvalue weighted by atomic mass is 16.5. The molecule has 0 unspecified atom stereocenters. The number of hydrogen-bond acceptors (Lipinski definition) is 3. The zero-order chi connectivity index (χ0) is 14.0. The lowest BCUT2D eigenvalue weighted by Crippen LogP contribution is -2.16. The van der Waals surface area contributed by atoms with Crippen LogP contribution in [0, 0.1) is 0 Å². The lowest BCUT2D eigenvalue weighted by molar-refractivity contribution is 0.133. The van der Waals surface area contributed by atoms with Gasteiger partial charge in [-0.3, -0.25) is 4.68 Å². The molecule has 1 aromatic carbocycles. The van der Waals surface area contributed by atoms with Gasteiger partial charge in [-0.2, -0.15) is 5.10 Å². The monoisotopic (exact) mass is 273 g/mol. The van der Waals surface area contributed by atoms with Gasteiger partial charge in [0.2, 0.25) is 0 Å². The molecule has 20 heavy (non-hydrogen) atoms. The van der Waals surface area contributed by atoms with Crippen molar-refractivity contribution in [2.24, 2.45) is 7.05 Å². The number of hydrogen-bond donors (Lipinski definition) is 1. The van der Waals surface area contributed by atoms with Gasteiger partial charge in [0, 0.05) is 38.5 Å². The van der Waals surface area contributed by atoms with Crippen LogP contribution in [-0.2, 0) is 24.8 Å². The summed E-state index contributed by atoms with van der Waals surface area (Å²) in [4.78, 5) is 0. The van der Waals surface area contributed by atoms with Crippen LogP contribution in [0.25, 0.3) is 0 Å². The second-order valence-corrected chi connectivity index (χ2v) is 4.82. The minimum absolute atomic E-state index is 0.762. The molecule has 4 heteroatoms. The molecule has 0 saturated heterocycles. The maximum Gasteiger partial charge on any atom is 0.0521 e. The molecule has 0 radical (unpaired) electrons. The molecule has 1 heterocycles. The van der Waals surface area contributed by atoms with E-state index in [4.69, 9.17) is 4.74 Å². The molecule has 4 nitrogen and oxygen atoms in total. The highest BCUT2D eigenvalue weighted by Crippen LogP contribution is 1.99. The average molecular weight is 273 g/mol. The third-order valence-electron chi connectivity index (χ3n) is 3.24. The van der Waals surface area contributed by atoms with Crippen LogP contribution < -0.4 is 5.32 Å². The number of ether oxygens (including phenoxy) is 1. The number of nitrogens with zero attached hydrogens (tertiary/aromatic N) is 2. The maximum absolute atomic E-state index is 5.63. The van der Waals surface area contributed by atoms with E-state index in [1.165, 1.54) is 11.3 Å². The summed E-state index contributed by atoms with van der Waals surface area (Å²) < 4.78 is 7.53. The van der Waals surface area contributed by atoms with Gasteiger partial charge in [-0.15, -0.1) is 0 Å². The predicted octanol–water partition coefficient (Wildman–Crippen LogP) is 2.16. The summed E-state index contributed by atoms with van der Waals surface area (Å²) in [7, 11) is 1.96. The first kappa shape index (κ1) is 14.8. The van der Waals surface area contributed by atoms with Gasteiger partial charge < -0.3 is 10.1 Å². The highest BCUT2D eigenvalue weighted by Gasteiger charge is 1.98. The van der Waals surface area contributed by atoms with Crippen LogP contribution in [0.1, 0.15) is 17.7 Å². The van der Waals surface area contributed by atoms with Crippen LogP contribution in [-0.4, -0.2) is 29.5 Å². The average Bonchev–Trinajstić information content (AvgIpc) is 2.88. The zero-order valence-electron chi connectivity index (χ0n) is 12.1. The smallest absolute Gasteiger partial charge is 0.0521 e. The Morgan fingerprint density at radius 2 is 2.00 bits per heavy atom. The third-order valence-corrected chi connectivity index (χ3v) is 3.24. The van der Waals surface area contributed by atoms with E-state index >= 15 is 0 Å². The molecule has 0 aliphatic rings. The molecule has 0 aliphatic carbocycles. The Morgan fingerprint density at radius 1 is 1.15 bits per heavy atom. The van der Waals surface area contributed by atoms with Crippen LogP contribution in [0.3, 0.4) is 0 Å². The summed E-state index contributed by atoms with van der Waals surface area (Å²) in [6.45, 7) is 3.48. The summed E-state index contributed by atoms with van der Waals surface area (Å²) in [6.07, 6.45) is 3.79. The highest BCUT2D eigenvalue weighted by molar-refractivity contribution is 5.14. The summed E-state index contributed by atoms with van der Waals surface area (Å²) in [5.74, 6) is 0. The lowest BCUT2D eigenvalue weighted by atomic mass is 10.2. The summed E-state index contributed by atoms with van der Waals surface area (Å²) in [5, 5.41) is 7.56. The van der Waals surface area contributed by atoms with Crippen LogP contribution in [0.5, 0.6) is 0 Å². The Labute approximate surface area is 120 Å². The second-order valence-electron chi connectivity index (χ2n) is 4.82. The van der Waals surface area contributed by atoms with Gasteiger partial charge in [0.15, 0.2) is 0 Å². The zero-order valence-corrected chi connectivity index (χ0v) is 12.1. The molecule has 0 amide bonds. The molecule has 2 aromatic rings. The number of nitrogens with one attached hydrogen (secondary N) is 1. The van der Waals surface area contributed by atoms with Gasteiger partial charge in [-0.1, -0.05) is 30.3 Å². The maximum atomic E-state index is 5.63. The Morgan fingerprint density at radius 3 is 2.75 bits per heavy atom. The quantitative estimate of drug-likeness (QED) is 0.712. The third kappa shape index (κ3) is 5.15. The fraction of sp³-hybridized carbons (Fsp3) is 0.438. The van der Waals surface area contributed by atoms with Gasteiger partial charge >= 0.3 is 0 Å². The first-order valence-electron chi connectivity index (χ1n) is 7.15. The van der Waals surface area contributed by atoms with E-state index in [9.17, 15) is 0 Å².